The molecule has 104 valence electrons. The molecule has 0 bridgehead atoms. The Labute approximate surface area is 121 Å². The summed E-state index contributed by atoms with van der Waals surface area (Å²) in [5, 5.41) is 0. The van der Waals surface area contributed by atoms with Crippen molar-refractivity contribution in [2.75, 3.05) is 0 Å². The number of rotatable bonds is 3. The summed E-state index contributed by atoms with van der Waals surface area (Å²) in [6.07, 6.45) is 0. The molecule has 0 aromatic heterocycles. The first kappa shape index (κ1) is 14.5. The zero-order valence-corrected chi connectivity index (χ0v) is 12.9. The van der Waals surface area contributed by atoms with E-state index in [0.29, 0.717) is 0 Å². The van der Waals surface area contributed by atoms with Crippen LogP contribution in [0.15, 0.2) is 36.4 Å². The van der Waals surface area contributed by atoms with Crippen molar-refractivity contribution in [2.24, 2.45) is 5.92 Å². The molecule has 2 aromatic carbocycles. The Morgan fingerprint density at radius 2 is 1.50 bits per heavy atom. The van der Waals surface area contributed by atoms with E-state index in [-0.39, 0.29) is 11.7 Å². The largest absolute Gasteiger partial charge is 0.294 e. The van der Waals surface area contributed by atoms with Crippen molar-refractivity contribution in [2.45, 2.75) is 34.6 Å². The lowest BCUT2D eigenvalue weighted by atomic mass is 9.92. The van der Waals surface area contributed by atoms with Crippen LogP contribution in [0.25, 0.3) is 11.1 Å². The summed E-state index contributed by atoms with van der Waals surface area (Å²) in [6.45, 7) is 10.2. The topological polar surface area (TPSA) is 17.1 Å². The van der Waals surface area contributed by atoms with Gasteiger partial charge in [0.1, 0.15) is 0 Å². The van der Waals surface area contributed by atoms with Crippen molar-refractivity contribution >= 4 is 5.78 Å². The van der Waals surface area contributed by atoms with Crippen molar-refractivity contribution in [3.63, 3.8) is 0 Å². The molecule has 0 aliphatic heterocycles. The van der Waals surface area contributed by atoms with Gasteiger partial charge in [-0.2, -0.15) is 0 Å². The van der Waals surface area contributed by atoms with E-state index in [4.69, 9.17) is 0 Å². The second kappa shape index (κ2) is 5.62. The fraction of sp³-hybridized carbons (Fsp3) is 0.316. The molecule has 0 heterocycles. The molecule has 20 heavy (non-hydrogen) atoms. The normalized spacial score (nSPS) is 10.9. The quantitative estimate of drug-likeness (QED) is 0.705. The fourth-order valence-electron chi connectivity index (χ4n) is 2.55. The van der Waals surface area contributed by atoms with Crippen LogP contribution in [-0.4, -0.2) is 5.78 Å². The summed E-state index contributed by atoms with van der Waals surface area (Å²) in [4.78, 5) is 12.2. The zero-order valence-electron chi connectivity index (χ0n) is 12.9. The van der Waals surface area contributed by atoms with Gasteiger partial charge in [-0.3, -0.25) is 4.79 Å². The summed E-state index contributed by atoms with van der Waals surface area (Å²) in [5.74, 6) is 0.237. The summed E-state index contributed by atoms with van der Waals surface area (Å²) in [6, 6.07) is 12.5. The van der Waals surface area contributed by atoms with Gasteiger partial charge in [-0.1, -0.05) is 55.3 Å². The van der Waals surface area contributed by atoms with Crippen molar-refractivity contribution in [3.05, 3.63) is 58.7 Å². The molecule has 0 aliphatic rings. The van der Waals surface area contributed by atoms with Crippen LogP contribution in [0.2, 0.25) is 0 Å². The van der Waals surface area contributed by atoms with E-state index >= 15 is 0 Å². The third-order valence-corrected chi connectivity index (χ3v) is 3.58. The summed E-state index contributed by atoms with van der Waals surface area (Å²) in [7, 11) is 0. The predicted octanol–water partition coefficient (Wildman–Crippen LogP) is 5.12. The van der Waals surface area contributed by atoms with Gasteiger partial charge in [0.25, 0.3) is 0 Å². The van der Waals surface area contributed by atoms with Crippen molar-refractivity contribution in [1.82, 2.24) is 0 Å². The SMILES string of the molecule is Cc1cc(C)cc(-c2cc(C(=O)C(C)C)ccc2C)c1. The van der Waals surface area contributed by atoms with E-state index in [1.54, 1.807) is 0 Å². The average Bonchev–Trinajstić information content (AvgIpc) is 2.37. The minimum Gasteiger partial charge on any atom is -0.294 e. The number of hydrogen-bond acceptors (Lipinski definition) is 1. The Balaban J connectivity index is 2.56. The van der Waals surface area contributed by atoms with Crippen LogP contribution >= 0.6 is 0 Å². The first-order chi connectivity index (χ1) is 9.38. The van der Waals surface area contributed by atoms with E-state index in [2.05, 4.69) is 39.0 Å². The van der Waals surface area contributed by atoms with E-state index < -0.39 is 0 Å². The van der Waals surface area contributed by atoms with Gasteiger partial charge in [0.05, 0.1) is 0 Å². The standard InChI is InChI=1S/C19H22O/c1-12(2)19(20)16-7-6-15(5)18(11-16)17-9-13(3)8-14(4)10-17/h6-12H,1-5H3. The Morgan fingerprint density at radius 3 is 2.05 bits per heavy atom. The Kier molecular flexibility index (Phi) is 4.08. The van der Waals surface area contributed by atoms with Gasteiger partial charge < -0.3 is 0 Å². The number of carbonyl (C=O) groups excluding carboxylic acids is 1. The zero-order chi connectivity index (χ0) is 14.9. The minimum absolute atomic E-state index is 0.0322. The van der Waals surface area contributed by atoms with E-state index in [9.17, 15) is 4.79 Å². The molecular formula is C19H22O. The van der Waals surface area contributed by atoms with Crippen LogP contribution in [0.4, 0.5) is 0 Å². The molecule has 0 aliphatic carbocycles. The maximum atomic E-state index is 12.2. The highest BCUT2D eigenvalue weighted by molar-refractivity contribution is 5.98. The number of ketones is 1. The number of carbonyl (C=O) groups is 1. The second-order valence-electron chi connectivity index (χ2n) is 5.93. The van der Waals surface area contributed by atoms with Gasteiger partial charge in [0.15, 0.2) is 5.78 Å². The maximum Gasteiger partial charge on any atom is 0.165 e. The maximum absolute atomic E-state index is 12.2. The molecule has 2 rings (SSSR count). The fourth-order valence-corrected chi connectivity index (χ4v) is 2.55. The Morgan fingerprint density at radius 1 is 0.900 bits per heavy atom. The summed E-state index contributed by atoms with van der Waals surface area (Å²) >= 11 is 0. The molecule has 0 amide bonds. The lowest BCUT2D eigenvalue weighted by Gasteiger charge is -2.12. The number of benzene rings is 2. The highest BCUT2D eigenvalue weighted by atomic mass is 16.1. The molecule has 1 heteroatoms. The molecule has 0 saturated heterocycles. The predicted molar refractivity (Wildman–Crippen MR) is 85.3 cm³/mol. The Bertz CT molecular complexity index is 631. The van der Waals surface area contributed by atoms with Crippen LogP contribution in [0.5, 0.6) is 0 Å². The van der Waals surface area contributed by atoms with Gasteiger partial charge in [0.2, 0.25) is 0 Å². The van der Waals surface area contributed by atoms with E-state index in [1.165, 1.54) is 22.3 Å². The summed E-state index contributed by atoms with van der Waals surface area (Å²) in [5.41, 5.74) is 6.86. The third kappa shape index (κ3) is 2.98. The number of aryl methyl sites for hydroxylation is 3. The van der Waals surface area contributed by atoms with Crippen molar-refractivity contribution in [3.8, 4) is 11.1 Å². The van der Waals surface area contributed by atoms with Crippen LogP contribution in [-0.2, 0) is 0 Å². The lowest BCUT2D eigenvalue weighted by Crippen LogP contribution is -2.07. The molecule has 1 nitrogen and oxygen atoms in total. The van der Waals surface area contributed by atoms with Gasteiger partial charge in [-0.15, -0.1) is 0 Å². The van der Waals surface area contributed by atoms with Crippen LogP contribution in [0.3, 0.4) is 0 Å². The van der Waals surface area contributed by atoms with Gasteiger partial charge in [-0.05, 0) is 43.5 Å². The highest BCUT2D eigenvalue weighted by Crippen LogP contribution is 2.27. The second-order valence-corrected chi connectivity index (χ2v) is 5.93. The van der Waals surface area contributed by atoms with Crippen molar-refractivity contribution in [1.29, 1.82) is 0 Å². The molecule has 0 atom stereocenters. The highest BCUT2D eigenvalue weighted by Gasteiger charge is 2.12. The monoisotopic (exact) mass is 266 g/mol. The van der Waals surface area contributed by atoms with Crippen LogP contribution in [0, 0.1) is 26.7 Å². The number of Topliss-reactive ketones (excluding diaryl/α,β-unsaturated/α-hetero) is 1. The first-order valence-corrected chi connectivity index (χ1v) is 7.12. The van der Waals surface area contributed by atoms with Gasteiger partial charge >= 0.3 is 0 Å². The first-order valence-electron chi connectivity index (χ1n) is 7.12. The van der Waals surface area contributed by atoms with Crippen LogP contribution in [0.1, 0.15) is 40.9 Å². The molecular weight excluding hydrogens is 244 g/mol. The molecule has 0 radical (unpaired) electrons. The molecule has 0 fully saturated rings. The van der Waals surface area contributed by atoms with Gasteiger partial charge in [0, 0.05) is 11.5 Å². The van der Waals surface area contributed by atoms with Gasteiger partial charge in [-0.25, -0.2) is 0 Å². The molecule has 2 aromatic rings. The third-order valence-electron chi connectivity index (χ3n) is 3.58. The lowest BCUT2D eigenvalue weighted by molar-refractivity contribution is 0.0939. The molecule has 0 unspecified atom stereocenters. The van der Waals surface area contributed by atoms with E-state index in [1.807, 2.05) is 32.0 Å². The Hall–Kier alpha value is -1.89. The average molecular weight is 266 g/mol. The minimum atomic E-state index is 0.0322. The van der Waals surface area contributed by atoms with Crippen LogP contribution < -0.4 is 0 Å². The molecule has 0 N–H and O–H groups in total. The van der Waals surface area contributed by atoms with Crippen molar-refractivity contribution < 1.29 is 4.79 Å². The molecule has 0 spiro atoms. The molecule has 0 saturated carbocycles. The van der Waals surface area contributed by atoms with E-state index in [0.717, 1.165) is 11.1 Å². The smallest absolute Gasteiger partial charge is 0.165 e. The number of hydrogen-bond donors (Lipinski definition) is 0. The summed E-state index contributed by atoms with van der Waals surface area (Å²) < 4.78 is 0.